The van der Waals surface area contributed by atoms with Crippen LogP contribution in [0.15, 0.2) is 71.1 Å². The fourth-order valence-electron chi connectivity index (χ4n) is 3.24. The van der Waals surface area contributed by atoms with Gasteiger partial charge in [-0.1, -0.05) is 35.3 Å². The number of amides is 1. The van der Waals surface area contributed by atoms with Gasteiger partial charge >= 0.3 is 0 Å². The molecular formula is C24H17Cl2NO3. The molecule has 3 aromatic carbocycles. The van der Waals surface area contributed by atoms with E-state index in [4.69, 9.17) is 27.6 Å². The van der Waals surface area contributed by atoms with Crippen LogP contribution in [0.1, 0.15) is 27.2 Å². The lowest BCUT2D eigenvalue weighted by molar-refractivity contribution is -0.115. The van der Waals surface area contributed by atoms with Gasteiger partial charge in [-0.05, 0) is 67.1 Å². The van der Waals surface area contributed by atoms with Crippen LogP contribution in [0.25, 0.3) is 11.0 Å². The highest BCUT2D eigenvalue weighted by Gasteiger charge is 2.19. The summed E-state index contributed by atoms with van der Waals surface area (Å²) in [5.41, 5.74) is 3.31. The van der Waals surface area contributed by atoms with Gasteiger partial charge in [0.05, 0.1) is 6.42 Å². The Labute approximate surface area is 183 Å². The van der Waals surface area contributed by atoms with Crippen molar-refractivity contribution < 1.29 is 14.0 Å². The molecule has 30 heavy (non-hydrogen) atoms. The zero-order chi connectivity index (χ0) is 21.3. The summed E-state index contributed by atoms with van der Waals surface area (Å²) in [5.74, 6) is -0.0825. The van der Waals surface area contributed by atoms with Crippen molar-refractivity contribution in [1.82, 2.24) is 0 Å². The van der Waals surface area contributed by atoms with E-state index >= 15 is 0 Å². The maximum atomic E-state index is 12.8. The minimum Gasteiger partial charge on any atom is -0.452 e. The van der Waals surface area contributed by atoms with Gasteiger partial charge in [-0.2, -0.15) is 0 Å². The third-order valence-corrected chi connectivity index (χ3v) is 5.31. The molecule has 1 heterocycles. The van der Waals surface area contributed by atoms with Gasteiger partial charge < -0.3 is 9.73 Å². The molecule has 0 saturated carbocycles. The molecule has 0 atom stereocenters. The lowest BCUT2D eigenvalue weighted by atomic mass is 10.0. The topological polar surface area (TPSA) is 59.3 Å². The number of nitrogens with one attached hydrogen (secondary N) is 1. The predicted molar refractivity (Wildman–Crippen MR) is 120 cm³/mol. The van der Waals surface area contributed by atoms with Crippen LogP contribution >= 0.6 is 23.2 Å². The lowest BCUT2D eigenvalue weighted by Crippen LogP contribution is -2.14. The Bertz CT molecular complexity index is 1240. The van der Waals surface area contributed by atoms with Crippen LogP contribution in [0.2, 0.25) is 10.0 Å². The summed E-state index contributed by atoms with van der Waals surface area (Å²) in [7, 11) is 0. The molecular weight excluding hydrogens is 421 g/mol. The maximum absolute atomic E-state index is 12.8. The molecule has 0 aliphatic heterocycles. The highest BCUT2D eigenvalue weighted by Crippen LogP contribution is 2.30. The molecule has 150 valence electrons. The summed E-state index contributed by atoms with van der Waals surface area (Å²) >= 11 is 11.8. The van der Waals surface area contributed by atoms with E-state index in [9.17, 15) is 9.59 Å². The first kappa shape index (κ1) is 20.2. The van der Waals surface area contributed by atoms with Crippen LogP contribution in [0.4, 0.5) is 5.69 Å². The third-order valence-electron chi connectivity index (χ3n) is 4.81. The minimum absolute atomic E-state index is 0.143. The number of rotatable bonds is 5. The van der Waals surface area contributed by atoms with Crippen molar-refractivity contribution in [3.63, 3.8) is 0 Å². The monoisotopic (exact) mass is 437 g/mol. The molecule has 0 fully saturated rings. The van der Waals surface area contributed by atoms with Crippen LogP contribution in [0.5, 0.6) is 0 Å². The molecule has 0 aliphatic carbocycles. The highest BCUT2D eigenvalue weighted by atomic mass is 35.5. The number of carbonyl (C=O) groups excluding carboxylic acids is 2. The largest absolute Gasteiger partial charge is 0.452 e. The van der Waals surface area contributed by atoms with Crippen molar-refractivity contribution in [1.29, 1.82) is 0 Å². The van der Waals surface area contributed by atoms with E-state index in [1.54, 1.807) is 48.5 Å². The van der Waals surface area contributed by atoms with Gasteiger partial charge in [0.2, 0.25) is 11.7 Å². The molecule has 1 aromatic heterocycles. The van der Waals surface area contributed by atoms with Crippen LogP contribution < -0.4 is 5.32 Å². The first-order chi connectivity index (χ1) is 14.4. The molecule has 1 amide bonds. The number of fused-ring (bicyclic) bond motifs is 1. The van der Waals surface area contributed by atoms with Crippen LogP contribution in [0, 0.1) is 6.92 Å². The fourth-order valence-corrected chi connectivity index (χ4v) is 3.49. The van der Waals surface area contributed by atoms with E-state index in [-0.39, 0.29) is 23.9 Å². The Kier molecular flexibility index (Phi) is 5.62. The number of carbonyl (C=O) groups is 2. The molecule has 1 N–H and O–H groups in total. The second-order valence-corrected chi connectivity index (χ2v) is 7.83. The van der Waals surface area contributed by atoms with Crippen molar-refractivity contribution in [2.45, 2.75) is 13.3 Å². The predicted octanol–water partition coefficient (Wildman–Crippen LogP) is 6.46. The number of anilines is 1. The summed E-state index contributed by atoms with van der Waals surface area (Å²) in [4.78, 5) is 25.2. The number of hydrogen-bond donors (Lipinski definition) is 1. The van der Waals surface area contributed by atoms with E-state index in [2.05, 4.69) is 5.32 Å². The van der Waals surface area contributed by atoms with Gasteiger partial charge in [-0.3, -0.25) is 9.59 Å². The first-order valence-corrected chi connectivity index (χ1v) is 10.0. The minimum atomic E-state index is -0.214. The van der Waals surface area contributed by atoms with E-state index < -0.39 is 0 Å². The fraction of sp³-hybridized carbons (Fsp3) is 0.0833. The Morgan fingerprint density at radius 3 is 2.20 bits per heavy atom. The average Bonchev–Trinajstić information content (AvgIpc) is 3.06. The number of hydrogen-bond acceptors (Lipinski definition) is 3. The molecule has 4 nitrogen and oxygen atoms in total. The Morgan fingerprint density at radius 2 is 1.53 bits per heavy atom. The number of halogens is 2. The van der Waals surface area contributed by atoms with Crippen molar-refractivity contribution in [2.75, 3.05) is 5.32 Å². The summed E-state index contributed by atoms with van der Waals surface area (Å²) < 4.78 is 5.80. The van der Waals surface area contributed by atoms with Crippen molar-refractivity contribution in [3.8, 4) is 0 Å². The Morgan fingerprint density at radius 1 is 0.900 bits per heavy atom. The van der Waals surface area contributed by atoms with E-state index in [1.807, 2.05) is 25.1 Å². The second-order valence-electron chi connectivity index (χ2n) is 6.95. The summed E-state index contributed by atoms with van der Waals surface area (Å²) in [6, 6.07) is 19.1. The summed E-state index contributed by atoms with van der Waals surface area (Å²) in [6.07, 6.45) is 0.236. The van der Waals surface area contributed by atoms with Gasteiger partial charge in [0, 0.05) is 32.2 Å². The normalized spacial score (nSPS) is 10.9. The average molecular weight is 438 g/mol. The van der Waals surface area contributed by atoms with Gasteiger partial charge in [-0.25, -0.2) is 0 Å². The maximum Gasteiger partial charge on any atom is 0.228 e. The second kappa shape index (κ2) is 8.34. The number of ketones is 1. The van der Waals surface area contributed by atoms with Crippen molar-refractivity contribution in [3.05, 3.63) is 99.2 Å². The highest BCUT2D eigenvalue weighted by molar-refractivity contribution is 6.31. The van der Waals surface area contributed by atoms with Crippen LogP contribution in [0.3, 0.4) is 0 Å². The van der Waals surface area contributed by atoms with Crippen molar-refractivity contribution >= 4 is 51.5 Å². The number of furan rings is 1. The Hall–Kier alpha value is -3.08. The van der Waals surface area contributed by atoms with E-state index in [1.165, 1.54) is 0 Å². The zero-order valence-electron chi connectivity index (χ0n) is 16.0. The van der Waals surface area contributed by atoms with Gasteiger partial charge in [0.1, 0.15) is 5.58 Å². The molecule has 0 radical (unpaired) electrons. The van der Waals surface area contributed by atoms with E-state index in [0.717, 1.165) is 16.5 Å². The third kappa shape index (κ3) is 4.25. The SMILES string of the molecule is Cc1c(C(=O)c2ccc(Cl)cc2)oc2ccc(NC(=O)Cc3ccc(Cl)cc3)cc12. The summed E-state index contributed by atoms with van der Waals surface area (Å²) in [6.45, 7) is 1.83. The molecule has 0 spiro atoms. The molecule has 0 unspecified atom stereocenters. The molecule has 0 aliphatic rings. The number of aryl methyl sites for hydroxylation is 1. The zero-order valence-corrected chi connectivity index (χ0v) is 17.6. The van der Waals surface area contributed by atoms with Gasteiger partial charge in [0.15, 0.2) is 5.76 Å². The van der Waals surface area contributed by atoms with Crippen molar-refractivity contribution in [2.24, 2.45) is 0 Å². The van der Waals surface area contributed by atoms with Crippen LogP contribution in [-0.4, -0.2) is 11.7 Å². The summed E-state index contributed by atoms with van der Waals surface area (Å²) in [5, 5.41) is 4.85. The number of benzene rings is 3. The van der Waals surface area contributed by atoms with Gasteiger partial charge in [-0.15, -0.1) is 0 Å². The molecule has 6 heteroatoms. The Balaban J connectivity index is 1.56. The molecule has 0 bridgehead atoms. The molecule has 4 rings (SSSR count). The smallest absolute Gasteiger partial charge is 0.228 e. The molecule has 0 saturated heterocycles. The van der Waals surface area contributed by atoms with E-state index in [0.29, 0.717) is 26.9 Å². The molecule has 4 aromatic rings. The standard InChI is InChI=1S/C24H17Cl2NO3/c1-14-20-13-19(27-22(28)12-15-2-6-17(25)7-3-15)10-11-21(20)30-24(14)23(29)16-4-8-18(26)9-5-16/h2-11,13H,12H2,1H3,(H,27,28). The van der Waals surface area contributed by atoms with Crippen LogP contribution in [-0.2, 0) is 11.2 Å². The first-order valence-electron chi connectivity index (χ1n) is 9.28. The lowest BCUT2D eigenvalue weighted by Gasteiger charge is -2.06. The quantitative estimate of drug-likeness (QED) is 0.364. The van der Waals surface area contributed by atoms with Gasteiger partial charge in [0.25, 0.3) is 0 Å².